The zero-order valence-electron chi connectivity index (χ0n) is 12.8. The number of rotatable bonds is 1. The number of ether oxygens (including phenoxy) is 2. The molecule has 0 saturated carbocycles. The number of hydrogen-bond donors (Lipinski definition) is 0. The van der Waals surface area contributed by atoms with Crippen molar-refractivity contribution >= 4 is 5.69 Å². The molecule has 0 atom stereocenters. The minimum Gasteiger partial charge on any atom is -0.369 e. The van der Waals surface area contributed by atoms with Crippen LogP contribution in [-0.2, 0) is 22.3 Å². The molecule has 0 unspecified atom stereocenters. The molecule has 0 amide bonds. The first-order valence-corrected chi connectivity index (χ1v) is 8.08. The third kappa shape index (κ3) is 2.45. The van der Waals surface area contributed by atoms with E-state index in [0.717, 1.165) is 58.7 Å². The number of piperazine rings is 1. The van der Waals surface area contributed by atoms with Crippen molar-refractivity contribution in [3.05, 3.63) is 29.3 Å². The Morgan fingerprint density at radius 3 is 2.57 bits per heavy atom. The van der Waals surface area contributed by atoms with Crippen LogP contribution in [0.1, 0.15) is 17.5 Å². The van der Waals surface area contributed by atoms with Gasteiger partial charge in [0.1, 0.15) is 0 Å². The molecule has 1 aliphatic carbocycles. The number of likely N-dealkylation sites (N-methyl/N-ethyl adjacent to an activating group) is 1. The van der Waals surface area contributed by atoms with Crippen molar-refractivity contribution < 1.29 is 9.47 Å². The van der Waals surface area contributed by atoms with Crippen LogP contribution in [0.3, 0.4) is 0 Å². The predicted molar refractivity (Wildman–Crippen MR) is 82.8 cm³/mol. The molecule has 0 radical (unpaired) electrons. The van der Waals surface area contributed by atoms with Gasteiger partial charge in [-0.15, -0.1) is 0 Å². The monoisotopic (exact) mass is 288 g/mol. The molecular formula is C17H24N2O2. The second-order valence-corrected chi connectivity index (χ2v) is 6.49. The molecule has 21 heavy (non-hydrogen) atoms. The van der Waals surface area contributed by atoms with Crippen LogP contribution in [0, 0.1) is 0 Å². The van der Waals surface area contributed by atoms with Crippen LogP contribution in [0.25, 0.3) is 0 Å². The van der Waals surface area contributed by atoms with Crippen LogP contribution >= 0.6 is 0 Å². The zero-order valence-corrected chi connectivity index (χ0v) is 12.8. The predicted octanol–water partition coefficient (Wildman–Crippen LogP) is 1.67. The summed E-state index contributed by atoms with van der Waals surface area (Å²) in [6, 6.07) is 6.76. The molecule has 2 heterocycles. The summed E-state index contributed by atoms with van der Waals surface area (Å²) in [5.74, 6) is -0.338. The average Bonchev–Trinajstić information content (AvgIpc) is 2.96. The Bertz CT molecular complexity index is 518. The maximum atomic E-state index is 5.95. The third-order valence-corrected chi connectivity index (χ3v) is 5.13. The largest absolute Gasteiger partial charge is 0.369 e. The van der Waals surface area contributed by atoms with Crippen molar-refractivity contribution in [1.29, 1.82) is 0 Å². The Kier molecular flexibility index (Phi) is 3.40. The maximum absolute atomic E-state index is 5.95. The van der Waals surface area contributed by atoms with E-state index in [4.69, 9.17) is 9.47 Å². The first kappa shape index (κ1) is 13.6. The lowest BCUT2D eigenvalue weighted by Crippen LogP contribution is -2.45. The van der Waals surface area contributed by atoms with Crippen LogP contribution in [0.2, 0.25) is 0 Å². The van der Waals surface area contributed by atoms with E-state index in [0.29, 0.717) is 0 Å². The number of fused-ring (bicyclic) bond motifs is 1. The number of benzene rings is 1. The fraction of sp³-hybridized carbons (Fsp3) is 0.647. The second-order valence-electron chi connectivity index (χ2n) is 6.49. The van der Waals surface area contributed by atoms with E-state index in [2.05, 4.69) is 35.0 Å². The van der Waals surface area contributed by atoms with Crippen molar-refractivity contribution in [3.63, 3.8) is 0 Å². The smallest absolute Gasteiger partial charge is 0.172 e. The Morgan fingerprint density at radius 2 is 1.81 bits per heavy atom. The summed E-state index contributed by atoms with van der Waals surface area (Å²) in [6.45, 7) is 5.99. The van der Waals surface area contributed by atoms with Gasteiger partial charge in [-0.1, -0.05) is 12.1 Å². The topological polar surface area (TPSA) is 24.9 Å². The van der Waals surface area contributed by atoms with Crippen LogP contribution in [-0.4, -0.2) is 57.1 Å². The van der Waals surface area contributed by atoms with E-state index < -0.39 is 0 Å². The Balaban J connectivity index is 1.64. The van der Waals surface area contributed by atoms with Crippen molar-refractivity contribution in [2.75, 3.05) is 51.3 Å². The van der Waals surface area contributed by atoms with Crippen LogP contribution in [0.15, 0.2) is 18.2 Å². The van der Waals surface area contributed by atoms with Gasteiger partial charge in [-0.3, -0.25) is 0 Å². The number of anilines is 1. The van der Waals surface area contributed by atoms with Gasteiger partial charge in [-0.25, -0.2) is 0 Å². The highest BCUT2D eigenvalue weighted by Crippen LogP contribution is 2.39. The minimum atomic E-state index is -0.338. The van der Waals surface area contributed by atoms with Crippen LogP contribution in [0.4, 0.5) is 5.69 Å². The van der Waals surface area contributed by atoms with Gasteiger partial charge in [0.05, 0.1) is 13.2 Å². The second kappa shape index (κ2) is 5.27. The lowest BCUT2D eigenvalue weighted by atomic mass is 9.85. The van der Waals surface area contributed by atoms with Gasteiger partial charge in [0.2, 0.25) is 0 Å². The quantitative estimate of drug-likeness (QED) is 0.785. The molecule has 4 rings (SSSR count). The van der Waals surface area contributed by atoms with Crippen molar-refractivity contribution in [3.8, 4) is 0 Å². The molecule has 2 saturated heterocycles. The van der Waals surface area contributed by atoms with Gasteiger partial charge in [0.15, 0.2) is 5.79 Å². The summed E-state index contributed by atoms with van der Waals surface area (Å²) < 4.78 is 11.9. The minimum absolute atomic E-state index is 0.338. The van der Waals surface area contributed by atoms with Gasteiger partial charge in [0.25, 0.3) is 0 Å². The van der Waals surface area contributed by atoms with Gasteiger partial charge in [-0.2, -0.15) is 0 Å². The molecule has 1 aromatic carbocycles. The molecule has 4 heteroatoms. The van der Waals surface area contributed by atoms with Crippen molar-refractivity contribution in [1.82, 2.24) is 4.90 Å². The van der Waals surface area contributed by atoms with E-state index in [1.807, 2.05) is 0 Å². The lowest BCUT2D eigenvalue weighted by Gasteiger charge is -2.39. The summed E-state index contributed by atoms with van der Waals surface area (Å²) in [6.07, 6.45) is 2.97. The Labute approximate surface area is 126 Å². The number of nitrogens with zero attached hydrogens (tertiary/aromatic N) is 2. The average molecular weight is 288 g/mol. The molecular weight excluding hydrogens is 264 g/mol. The molecule has 1 spiro atoms. The van der Waals surface area contributed by atoms with E-state index in [1.54, 1.807) is 0 Å². The zero-order chi connectivity index (χ0) is 14.3. The molecule has 0 bridgehead atoms. The van der Waals surface area contributed by atoms with Crippen molar-refractivity contribution in [2.45, 2.75) is 25.0 Å². The number of aryl methyl sites for hydroxylation is 1. The summed E-state index contributed by atoms with van der Waals surface area (Å²) in [4.78, 5) is 4.93. The standard InChI is InChI=1S/C17H24N2O2/c1-18-7-9-19(10-8-18)16-4-2-3-14-5-6-17(13-15(14)16)20-11-12-21-17/h2-4H,5-13H2,1H3. The molecule has 4 nitrogen and oxygen atoms in total. The van der Waals surface area contributed by atoms with E-state index >= 15 is 0 Å². The summed E-state index contributed by atoms with van der Waals surface area (Å²) in [5, 5.41) is 0. The third-order valence-electron chi connectivity index (χ3n) is 5.13. The number of hydrogen-bond acceptors (Lipinski definition) is 4. The summed E-state index contributed by atoms with van der Waals surface area (Å²) in [5.41, 5.74) is 4.34. The fourth-order valence-corrected chi connectivity index (χ4v) is 3.83. The van der Waals surface area contributed by atoms with Gasteiger partial charge in [-0.05, 0) is 30.7 Å². The van der Waals surface area contributed by atoms with Gasteiger partial charge >= 0.3 is 0 Å². The van der Waals surface area contributed by atoms with Gasteiger partial charge in [0, 0.05) is 44.7 Å². The van der Waals surface area contributed by atoms with E-state index in [9.17, 15) is 0 Å². The molecule has 3 aliphatic rings. The van der Waals surface area contributed by atoms with Crippen LogP contribution < -0.4 is 4.90 Å². The maximum Gasteiger partial charge on any atom is 0.172 e. The summed E-state index contributed by atoms with van der Waals surface area (Å²) >= 11 is 0. The highest BCUT2D eigenvalue weighted by atomic mass is 16.7. The first-order valence-electron chi connectivity index (χ1n) is 8.08. The lowest BCUT2D eigenvalue weighted by molar-refractivity contribution is -0.163. The SMILES string of the molecule is CN1CCN(c2cccc3c2CC2(CC3)OCCO2)CC1. The van der Waals surface area contributed by atoms with E-state index in [-0.39, 0.29) is 5.79 Å². The van der Waals surface area contributed by atoms with E-state index in [1.165, 1.54) is 16.8 Å². The van der Waals surface area contributed by atoms with Crippen LogP contribution in [0.5, 0.6) is 0 Å². The highest BCUT2D eigenvalue weighted by Gasteiger charge is 2.41. The molecule has 1 aromatic rings. The normalized spacial score (nSPS) is 25.3. The molecule has 0 N–H and O–H groups in total. The Morgan fingerprint density at radius 1 is 1.05 bits per heavy atom. The molecule has 2 aliphatic heterocycles. The molecule has 2 fully saturated rings. The molecule has 114 valence electrons. The first-order chi connectivity index (χ1) is 10.3. The van der Waals surface area contributed by atoms with Gasteiger partial charge < -0.3 is 19.3 Å². The molecule has 0 aromatic heterocycles. The fourth-order valence-electron chi connectivity index (χ4n) is 3.83. The summed E-state index contributed by atoms with van der Waals surface area (Å²) in [7, 11) is 2.20. The highest BCUT2D eigenvalue weighted by molar-refractivity contribution is 5.58. The Hall–Kier alpha value is -1.10. The van der Waals surface area contributed by atoms with Crippen molar-refractivity contribution in [2.24, 2.45) is 0 Å².